The molecule has 6 heteroatoms. The highest BCUT2D eigenvalue weighted by Crippen LogP contribution is 2.13. The van der Waals surface area contributed by atoms with Crippen LogP contribution in [0.5, 0.6) is 0 Å². The van der Waals surface area contributed by atoms with Crippen molar-refractivity contribution in [1.29, 1.82) is 0 Å². The summed E-state index contributed by atoms with van der Waals surface area (Å²) < 4.78 is 16.7. The van der Waals surface area contributed by atoms with Crippen LogP contribution in [-0.4, -0.2) is 37.2 Å². The summed E-state index contributed by atoms with van der Waals surface area (Å²) in [5.41, 5.74) is 0. The SMILES string of the molecule is CC/C=C\C/C=C\C/C=C\C/C=C\CCCCCCCCC(=O)OCC(COC(=O)CCCCCCC/C=C\CCC)OC(=O)CCCCC/C=C\C/C=C\C/C=C\CC. The lowest BCUT2D eigenvalue weighted by Gasteiger charge is -2.18. The van der Waals surface area contributed by atoms with Gasteiger partial charge in [0.05, 0.1) is 0 Å². The lowest BCUT2D eigenvalue weighted by molar-refractivity contribution is -0.167. The van der Waals surface area contributed by atoms with Crippen molar-refractivity contribution in [3.63, 3.8) is 0 Å². The maximum Gasteiger partial charge on any atom is 0.306 e. The van der Waals surface area contributed by atoms with Crippen LogP contribution in [0.1, 0.15) is 207 Å². The quantitative estimate of drug-likeness (QED) is 0.0264. The molecule has 1 unspecified atom stereocenters. The molecule has 340 valence electrons. The molecule has 0 saturated carbocycles. The molecular formula is C54H88O6. The molecule has 0 aliphatic rings. The Morgan fingerprint density at radius 3 is 1.05 bits per heavy atom. The highest BCUT2D eigenvalue weighted by molar-refractivity contribution is 5.71. The lowest BCUT2D eigenvalue weighted by Crippen LogP contribution is -2.30. The number of hydrogen-bond acceptors (Lipinski definition) is 6. The summed E-state index contributed by atoms with van der Waals surface area (Å²) in [6.07, 6.45) is 62.5. The molecule has 0 fully saturated rings. The molecule has 0 aromatic heterocycles. The summed E-state index contributed by atoms with van der Waals surface area (Å²) in [5.74, 6) is -0.962. The lowest BCUT2D eigenvalue weighted by atomic mass is 10.1. The van der Waals surface area contributed by atoms with Crippen molar-refractivity contribution in [3.05, 3.63) is 97.2 Å². The van der Waals surface area contributed by atoms with E-state index < -0.39 is 6.10 Å². The third-order valence-electron chi connectivity index (χ3n) is 9.78. The number of allylic oxidation sites excluding steroid dienone is 16. The van der Waals surface area contributed by atoms with Gasteiger partial charge in [0.25, 0.3) is 0 Å². The van der Waals surface area contributed by atoms with Crippen LogP contribution in [0.4, 0.5) is 0 Å². The van der Waals surface area contributed by atoms with Crippen molar-refractivity contribution < 1.29 is 28.6 Å². The first-order valence-corrected chi connectivity index (χ1v) is 24.2. The van der Waals surface area contributed by atoms with Crippen LogP contribution in [-0.2, 0) is 28.6 Å². The van der Waals surface area contributed by atoms with Crippen LogP contribution < -0.4 is 0 Å². The van der Waals surface area contributed by atoms with Gasteiger partial charge in [-0.05, 0) is 109 Å². The fourth-order valence-electron chi connectivity index (χ4n) is 6.21. The second kappa shape index (κ2) is 48.0. The first kappa shape index (κ1) is 56.3. The number of unbranched alkanes of at least 4 members (excludes halogenated alkanes) is 15. The van der Waals surface area contributed by atoms with Crippen molar-refractivity contribution in [3.8, 4) is 0 Å². The molecular weight excluding hydrogens is 745 g/mol. The van der Waals surface area contributed by atoms with Gasteiger partial charge in [0.2, 0.25) is 0 Å². The summed E-state index contributed by atoms with van der Waals surface area (Å²) in [7, 11) is 0. The van der Waals surface area contributed by atoms with Crippen molar-refractivity contribution in [2.75, 3.05) is 13.2 Å². The van der Waals surface area contributed by atoms with Gasteiger partial charge in [0, 0.05) is 19.3 Å². The summed E-state index contributed by atoms with van der Waals surface area (Å²) in [6.45, 7) is 6.28. The van der Waals surface area contributed by atoms with E-state index in [-0.39, 0.29) is 37.5 Å². The molecule has 6 nitrogen and oxygen atoms in total. The number of carbonyl (C=O) groups excluding carboxylic acids is 3. The fraction of sp³-hybridized carbons (Fsp3) is 0.648. The minimum absolute atomic E-state index is 0.100. The highest BCUT2D eigenvalue weighted by atomic mass is 16.6. The van der Waals surface area contributed by atoms with E-state index >= 15 is 0 Å². The van der Waals surface area contributed by atoms with Gasteiger partial charge in [0.1, 0.15) is 13.2 Å². The van der Waals surface area contributed by atoms with Gasteiger partial charge in [-0.15, -0.1) is 0 Å². The number of carbonyl (C=O) groups is 3. The molecule has 0 bridgehead atoms. The summed E-state index contributed by atoms with van der Waals surface area (Å²) in [4.78, 5) is 37.8. The van der Waals surface area contributed by atoms with E-state index in [1.165, 1.54) is 25.7 Å². The van der Waals surface area contributed by atoms with E-state index in [4.69, 9.17) is 14.2 Å². The fourth-order valence-corrected chi connectivity index (χ4v) is 6.21. The van der Waals surface area contributed by atoms with Gasteiger partial charge in [-0.2, -0.15) is 0 Å². The molecule has 60 heavy (non-hydrogen) atoms. The van der Waals surface area contributed by atoms with Crippen molar-refractivity contribution >= 4 is 17.9 Å². The van der Waals surface area contributed by atoms with Gasteiger partial charge < -0.3 is 14.2 Å². The molecule has 0 heterocycles. The summed E-state index contributed by atoms with van der Waals surface area (Å²) in [6, 6.07) is 0. The smallest absolute Gasteiger partial charge is 0.306 e. The van der Waals surface area contributed by atoms with Crippen molar-refractivity contribution in [2.24, 2.45) is 0 Å². The van der Waals surface area contributed by atoms with E-state index in [9.17, 15) is 14.4 Å². The summed E-state index contributed by atoms with van der Waals surface area (Å²) >= 11 is 0. The molecule has 0 rings (SSSR count). The highest BCUT2D eigenvalue weighted by Gasteiger charge is 2.19. The minimum Gasteiger partial charge on any atom is -0.462 e. The van der Waals surface area contributed by atoms with Crippen LogP contribution in [0, 0.1) is 0 Å². The molecule has 0 saturated heterocycles. The monoisotopic (exact) mass is 833 g/mol. The van der Waals surface area contributed by atoms with Gasteiger partial charge in [-0.3, -0.25) is 14.4 Å². The second-order valence-electron chi connectivity index (χ2n) is 15.6. The molecule has 0 aliphatic heterocycles. The van der Waals surface area contributed by atoms with Crippen LogP contribution in [0.25, 0.3) is 0 Å². The number of ether oxygens (including phenoxy) is 3. The van der Waals surface area contributed by atoms with Crippen LogP contribution >= 0.6 is 0 Å². The molecule has 1 atom stereocenters. The molecule has 0 amide bonds. The summed E-state index contributed by atoms with van der Waals surface area (Å²) in [5, 5.41) is 0. The Morgan fingerprint density at radius 1 is 0.350 bits per heavy atom. The van der Waals surface area contributed by atoms with E-state index in [0.717, 1.165) is 141 Å². The van der Waals surface area contributed by atoms with E-state index in [0.29, 0.717) is 12.8 Å². The first-order chi connectivity index (χ1) is 29.5. The van der Waals surface area contributed by atoms with Gasteiger partial charge in [0.15, 0.2) is 6.10 Å². The number of rotatable bonds is 42. The van der Waals surface area contributed by atoms with Crippen LogP contribution in [0.3, 0.4) is 0 Å². The Labute approximate surface area is 368 Å². The van der Waals surface area contributed by atoms with Crippen LogP contribution in [0.15, 0.2) is 97.2 Å². The Hall–Kier alpha value is -3.67. The van der Waals surface area contributed by atoms with E-state index in [2.05, 4.69) is 118 Å². The minimum atomic E-state index is -0.801. The van der Waals surface area contributed by atoms with Crippen LogP contribution in [0.2, 0.25) is 0 Å². The predicted molar refractivity (Wildman–Crippen MR) is 256 cm³/mol. The number of hydrogen-bond donors (Lipinski definition) is 0. The largest absolute Gasteiger partial charge is 0.462 e. The van der Waals surface area contributed by atoms with Gasteiger partial charge in [-0.1, -0.05) is 176 Å². The first-order valence-electron chi connectivity index (χ1n) is 24.2. The molecule has 0 aromatic rings. The van der Waals surface area contributed by atoms with Gasteiger partial charge >= 0.3 is 17.9 Å². The predicted octanol–water partition coefficient (Wildman–Crippen LogP) is 15.8. The normalized spacial score (nSPS) is 12.9. The second-order valence-corrected chi connectivity index (χ2v) is 15.6. The zero-order valence-electron chi connectivity index (χ0n) is 38.7. The van der Waals surface area contributed by atoms with Crippen molar-refractivity contribution in [1.82, 2.24) is 0 Å². The molecule has 0 N–H and O–H groups in total. The number of esters is 3. The van der Waals surface area contributed by atoms with E-state index in [1.54, 1.807) is 0 Å². The zero-order chi connectivity index (χ0) is 43.7. The Bertz CT molecular complexity index is 1230. The van der Waals surface area contributed by atoms with Crippen molar-refractivity contribution in [2.45, 2.75) is 213 Å². The maximum atomic E-state index is 12.7. The third-order valence-corrected chi connectivity index (χ3v) is 9.78. The Kier molecular flexibility index (Phi) is 45.1. The molecule has 0 spiro atoms. The average Bonchev–Trinajstić information content (AvgIpc) is 3.24. The Morgan fingerprint density at radius 2 is 0.650 bits per heavy atom. The topological polar surface area (TPSA) is 78.9 Å². The molecule has 0 aliphatic carbocycles. The molecule has 0 aromatic carbocycles. The average molecular weight is 833 g/mol. The zero-order valence-corrected chi connectivity index (χ0v) is 38.7. The Balaban J connectivity index is 4.42. The maximum absolute atomic E-state index is 12.7. The third kappa shape index (κ3) is 45.4. The molecule has 0 radical (unpaired) electrons. The van der Waals surface area contributed by atoms with Gasteiger partial charge in [-0.25, -0.2) is 0 Å². The van der Waals surface area contributed by atoms with E-state index in [1.807, 2.05) is 0 Å². The standard InChI is InChI=1S/C54H88O6/c1-4-7-10-13-16-19-22-24-25-26-27-28-29-31-32-35-38-41-44-47-53(56)59-50-51(49-58-52(55)46-43-40-37-34-21-18-15-12-9-6-3)60-54(57)48-45-42-39-36-33-30-23-20-17-14-11-8-5-2/h7-8,10-12,15-17,19-20,24-25,27-28,30,33,51H,4-6,9,13-14,18,21-23,26,29,31-32,34-50H2,1-3H3/b10-7-,11-8-,15-12-,19-16-,20-17-,25-24-,28-27-,33-30-.